The molecule has 2 unspecified atom stereocenters. The van der Waals surface area contributed by atoms with Crippen molar-refractivity contribution in [3.8, 4) is 0 Å². The molecule has 2 atom stereocenters. The van der Waals surface area contributed by atoms with Crippen molar-refractivity contribution in [1.29, 1.82) is 0 Å². The zero-order valence-electron chi connectivity index (χ0n) is 17.2. The van der Waals surface area contributed by atoms with Crippen LogP contribution < -0.4 is 11.1 Å². The summed E-state index contributed by atoms with van der Waals surface area (Å²) >= 11 is 0. The van der Waals surface area contributed by atoms with Gasteiger partial charge in [0.1, 0.15) is 17.7 Å². The third-order valence-corrected chi connectivity index (χ3v) is 5.36. The molecule has 2 aromatic carbocycles. The van der Waals surface area contributed by atoms with Gasteiger partial charge in [0, 0.05) is 12.6 Å². The fraction of sp³-hybridized carbons (Fsp3) is 0.261. The number of hydrogen-bond donors (Lipinski definition) is 3. The number of hydrogen-bond acceptors (Lipinski definition) is 6. The van der Waals surface area contributed by atoms with E-state index >= 15 is 0 Å². The molecule has 0 saturated carbocycles. The van der Waals surface area contributed by atoms with E-state index < -0.39 is 0 Å². The Morgan fingerprint density at radius 2 is 1.87 bits per heavy atom. The van der Waals surface area contributed by atoms with Crippen LogP contribution in [-0.4, -0.2) is 43.8 Å². The molecule has 8 heteroatoms. The summed E-state index contributed by atoms with van der Waals surface area (Å²) in [7, 11) is 0. The summed E-state index contributed by atoms with van der Waals surface area (Å²) in [5.74, 6) is 0.320. The number of aliphatic hydroxyl groups is 1. The van der Waals surface area contributed by atoms with Gasteiger partial charge >= 0.3 is 0 Å². The van der Waals surface area contributed by atoms with Gasteiger partial charge in [-0.1, -0.05) is 36.4 Å². The van der Waals surface area contributed by atoms with Crippen molar-refractivity contribution in [2.24, 2.45) is 5.73 Å². The quantitative estimate of drug-likeness (QED) is 0.405. The molecule has 31 heavy (non-hydrogen) atoms. The van der Waals surface area contributed by atoms with Crippen LogP contribution >= 0.6 is 0 Å². The summed E-state index contributed by atoms with van der Waals surface area (Å²) in [6.07, 6.45) is 3.76. The fourth-order valence-corrected chi connectivity index (χ4v) is 3.73. The van der Waals surface area contributed by atoms with Crippen molar-refractivity contribution >= 4 is 17.0 Å². The molecule has 0 aliphatic carbocycles. The zero-order valence-corrected chi connectivity index (χ0v) is 17.2. The van der Waals surface area contributed by atoms with Crippen LogP contribution in [0.3, 0.4) is 0 Å². The summed E-state index contributed by atoms with van der Waals surface area (Å²) in [4.78, 5) is 13.2. The molecule has 2 heterocycles. The minimum absolute atomic E-state index is 0.0778. The zero-order chi connectivity index (χ0) is 21.8. The number of halogens is 1. The molecule has 0 radical (unpaired) electrons. The summed E-state index contributed by atoms with van der Waals surface area (Å²) in [5.41, 5.74) is 10.6. The molecule has 4 aromatic rings. The lowest BCUT2D eigenvalue weighted by Gasteiger charge is -2.19. The van der Waals surface area contributed by atoms with Crippen molar-refractivity contribution in [1.82, 2.24) is 19.5 Å². The van der Waals surface area contributed by atoms with Gasteiger partial charge in [0.2, 0.25) is 0 Å². The van der Waals surface area contributed by atoms with Gasteiger partial charge in [-0.3, -0.25) is 0 Å². The average Bonchev–Trinajstić information content (AvgIpc) is 3.20. The second kappa shape index (κ2) is 9.20. The van der Waals surface area contributed by atoms with Crippen LogP contribution in [0.4, 0.5) is 10.2 Å². The summed E-state index contributed by atoms with van der Waals surface area (Å²) in [6.45, 7) is 2.41. The summed E-state index contributed by atoms with van der Waals surface area (Å²) < 4.78 is 14.9. The maximum atomic E-state index is 13.1. The van der Waals surface area contributed by atoms with E-state index in [2.05, 4.69) is 20.3 Å². The SMILES string of the molecule is Cc1ccccc1C(CO)n1cnc2c(NCC(N)Cc3ccc(F)cc3)ncnc21. The van der Waals surface area contributed by atoms with Crippen LogP contribution in [-0.2, 0) is 6.42 Å². The van der Waals surface area contributed by atoms with Crippen molar-refractivity contribution in [2.45, 2.75) is 25.4 Å². The molecule has 4 N–H and O–H groups in total. The van der Waals surface area contributed by atoms with E-state index in [1.165, 1.54) is 18.5 Å². The highest BCUT2D eigenvalue weighted by molar-refractivity contribution is 5.82. The highest BCUT2D eigenvalue weighted by atomic mass is 19.1. The van der Waals surface area contributed by atoms with E-state index in [1.807, 2.05) is 35.8 Å². The van der Waals surface area contributed by atoms with Crippen molar-refractivity contribution in [3.05, 3.63) is 83.7 Å². The number of benzene rings is 2. The Balaban J connectivity index is 1.53. The van der Waals surface area contributed by atoms with Crippen molar-refractivity contribution in [2.75, 3.05) is 18.5 Å². The monoisotopic (exact) mass is 420 g/mol. The Hall–Kier alpha value is -3.36. The van der Waals surface area contributed by atoms with E-state index in [9.17, 15) is 9.50 Å². The van der Waals surface area contributed by atoms with Crippen LogP contribution in [0.1, 0.15) is 22.7 Å². The number of aliphatic hydroxyl groups excluding tert-OH is 1. The first-order valence-electron chi connectivity index (χ1n) is 10.1. The van der Waals surface area contributed by atoms with E-state index in [-0.39, 0.29) is 24.5 Å². The number of aryl methyl sites for hydroxylation is 1. The third-order valence-electron chi connectivity index (χ3n) is 5.36. The third kappa shape index (κ3) is 4.55. The topological polar surface area (TPSA) is 102 Å². The molecule has 0 aliphatic rings. The first-order chi connectivity index (χ1) is 15.1. The van der Waals surface area contributed by atoms with Crippen molar-refractivity contribution < 1.29 is 9.50 Å². The Bertz CT molecular complexity index is 1160. The smallest absolute Gasteiger partial charge is 0.166 e. The molecule has 0 aliphatic heterocycles. The predicted molar refractivity (Wildman–Crippen MR) is 118 cm³/mol. The fourth-order valence-electron chi connectivity index (χ4n) is 3.73. The number of fused-ring (bicyclic) bond motifs is 1. The normalized spacial score (nSPS) is 13.3. The lowest BCUT2D eigenvalue weighted by Crippen LogP contribution is -2.31. The van der Waals surface area contributed by atoms with Gasteiger partial charge in [-0.25, -0.2) is 19.3 Å². The van der Waals surface area contributed by atoms with E-state index in [0.29, 0.717) is 29.9 Å². The standard InChI is InChI=1S/C23H25FN6O/c1-15-4-2-3-5-19(15)20(12-31)30-14-29-21-22(27-13-28-23(21)30)26-11-18(25)10-16-6-8-17(24)9-7-16/h2-9,13-14,18,20,31H,10-12,25H2,1H3,(H,26,27,28). The largest absolute Gasteiger partial charge is 0.394 e. The van der Waals surface area contributed by atoms with Gasteiger partial charge in [-0.05, 0) is 42.2 Å². The molecule has 7 nitrogen and oxygen atoms in total. The first kappa shape index (κ1) is 20.9. The Labute approximate surface area is 179 Å². The molecular formula is C23H25FN6O. The van der Waals surface area contributed by atoms with Crippen LogP contribution in [0.15, 0.2) is 61.2 Å². The van der Waals surface area contributed by atoms with Crippen molar-refractivity contribution in [3.63, 3.8) is 0 Å². The van der Waals surface area contributed by atoms with Gasteiger partial charge in [-0.15, -0.1) is 0 Å². The first-order valence-corrected chi connectivity index (χ1v) is 10.1. The minimum atomic E-state index is -0.297. The number of rotatable bonds is 8. The highest BCUT2D eigenvalue weighted by Gasteiger charge is 2.20. The maximum absolute atomic E-state index is 13.1. The molecule has 0 amide bonds. The molecule has 0 bridgehead atoms. The molecule has 0 fully saturated rings. The van der Waals surface area contributed by atoms with Crippen LogP contribution in [0.25, 0.3) is 11.2 Å². The number of nitrogens with one attached hydrogen (secondary N) is 1. The highest BCUT2D eigenvalue weighted by Crippen LogP contribution is 2.26. The number of nitrogens with two attached hydrogens (primary N) is 1. The van der Waals surface area contributed by atoms with E-state index in [4.69, 9.17) is 5.73 Å². The second-order valence-electron chi connectivity index (χ2n) is 7.57. The van der Waals surface area contributed by atoms with Gasteiger partial charge in [0.05, 0.1) is 19.0 Å². The van der Waals surface area contributed by atoms with Gasteiger partial charge in [0.25, 0.3) is 0 Å². The van der Waals surface area contributed by atoms with Gasteiger partial charge < -0.3 is 20.7 Å². The molecule has 160 valence electrons. The molecule has 0 saturated heterocycles. The van der Waals surface area contributed by atoms with Crippen LogP contribution in [0.2, 0.25) is 0 Å². The Kier molecular flexibility index (Phi) is 6.20. The van der Waals surface area contributed by atoms with Gasteiger partial charge in [-0.2, -0.15) is 0 Å². The Morgan fingerprint density at radius 1 is 1.10 bits per heavy atom. The lowest BCUT2D eigenvalue weighted by molar-refractivity contribution is 0.251. The second-order valence-corrected chi connectivity index (χ2v) is 7.57. The van der Waals surface area contributed by atoms with E-state index in [0.717, 1.165) is 16.7 Å². The maximum Gasteiger partial charge on any atom is 0.166 e. The average molecular weight is 420 g/mol. The number of aromatic nitrogens is 4. The molecule has 0 spiro atoms. The molecule has 4 rings (SSSR count). The number of nitrogens with zero attached hydrogens (tertiary/aromatic N) is 4. The summed E-state index contributed by atoms with van der Waals surface area (Å²) in [5, 5.41) is 13.3. The minimum Gasteiger partial charge on any atom is -0.394 e. The summed E-state index contributed by atoms with van der Waals surface area (Å²) in [6, 6.07) is 13.8. The number of anilines is 1. The lowest BCUT2D eigenvalue weighted by atomic mass is 10.0. The van der Waals surface area contributed by atoms with Gasteiger partial charge in [0.15, 0.2) is 11.5 Å². The number of imidazole rings is 1. The Morgan fingerprint density at radius 3 is 2.61 bits per heavy atom. The molecule has 2 aromatic heterocycles. The van der Waals surface area contributed by atoms with E-state index in [1.54, 1.807) is 18.5 Å². The van der Waals surface area contributed by atoms with Crippen LogP contribution in [0.5, 0.6) is 0 Å². The predicted octanol–water partition coefficient (Wildman–Crippen LogP) is 2.84. The van der Waals surface area contributed by atoms with Crippen LogP contribution in [0, 0.1) is 12.7 Å². The molecular weight excluding hydrogens is 395 g/mol.